The summed E-state index contributed by atoms with van der Waals surface area (Å²) in [5, 5.41) is 0. The zero-order valence-electron chi connectivity index (χ0n) is 5.22. The van der Waals surface area contributed by atoms with Crippen LogP contribution < -0.4 is 5.73 Å². The average Bonchev–Trinajstić information content (AvgIpc) is 2.23. The van der Waals surface area contributed by atoms with E-state index in [0.29, 0.717) is 0 Å². The van der Waals surface area contributed by atoms with Gasteiger partial charge in [0.05, 0.1) is 0 Å². The van der Waals surface area contributed by atoms with Crippen LogP contribution in [0.15, 0.2) is 0 Å². The minimum Gasteiger partial charge on any atom is -0.381 e. The Labute approximate surface area is 56.8 Å². The van der Waals surface area contributed by atoms with Crippen LogP contribution in [0.4, 0.5) is 0 Å². The first-order chi connectivity index (χ1) is 3.50. The zero-order valence-corrected chi connectivity index (χ0v) is 6.04. The molecule has 52 valence electrons. The number of hydrogen-bond donors (Lipinski definition) is 1. The van der Waals surface area contributed by atoms with Crippen molar-refractivity contribution in [3.05, 3.63) is 0 Å². The van der Waals surface area contributed by atoms with Crippen molar-refractivity contribution in [2.75, 3.05) is 20.3 Å². The van der Waals surface area contributed by atoms with Crippen LogP contribution in [0, 0.1) is 0 Å². The fourth-order valence-electron chi connectivity index (χ4n) is 0.510. The predicted molar refractivity (Wildman–Crippen MR) is 37.4 cm³/mol. The minimum atomic E-state index is 0. The van der Waals surface area contributed by atoms with Gasteiger partial charge in [-0.3, -0.25) is 0 Å². The van der Waals surface area contributed by atoms with Gasteiger partial charge < -0.3 is 10.5 Å². The molecule has 0 unspecified atom stereocenters. The Morgan fingerprint density at radius 3 is 1.62 bits per heavy atom. The van der Waals surface area contributed by atoms with Gasteiger partial charge in [-0.1, -0.05) is 0 Å². The maximum atomic E-state index is 4.94. The first-order valence-electron chi connectivity index (χ1n) is 2.65. The third-order valence-electron chi connectivity index (χ3n) is 0.827. The molecule has 0 aromatic rings. The molecule has 1 aliphatic heterocycles. The zero-order chi connectivity index (χ0) is 5.54. The van der Waals surface area contributed by atoms with Crippen LogP contribution in [0.3, 0.4) is 0 Å². The Morgan fingerprint density at radius 1 is 1.12 bits per heavy atom. The lowest BCUT2D eigenvalue weighted by Gasteiger charge is -1.76. The molecular weight excluding hydrogens is 126 g/mol. The Morgan fingerprint density at radius 2 is 1.50 bits per heavy atom. The van der Waals surface area contributed by atoms with Gasteiger partial charge in [-0.05, 0) is 19.9 Å². The van der Waals surface area contributed by atoms with Crippen LogP contribution in [0.1, 0.15) is 12.8 Å². The Hall–Kier alpha value is 0.210. The van der Waals surface area contributed by atoms with Crippen molar-refractivity contribution in [1.82, 2.24) is 0 Å². The van der Waals surface area contributed by atoms with Crippen molar-refractivity contribution >= 4 is 12.4 Å². The second-order valence-electron chi connectivity index (χ2n) is 1.32. The second kappa shape index (κ2) is 10.2. The minimum absolute atomic E-state index is 0. The number of nitrogens with two attached hydrogens (primary N) is 1. The molecule has 8 heavy (non-hydrogen) atoms. The maximum Gasteiger partial charge on any atom is 0.0466 e. The van der Waals surface area contributed by atoms with Gasteiger partial charge in [-0.25, -0.2) is 0 Å². The van der Waals surface area contributed by atoms with Crippen LogP contribution in [-0.4, -0.2) is 20.3 Å². The molecule has 2 nitrogen and oxygen atoms in total. The molecule has 3 heteroatoms. The molecule has 0 radical (unpaired) electrons. The van der Waals surface area contributed by atoms with Gasteiger partial charge in [0, 0.05) is 13.2 Å². The predicted octanol–water partition coefficient (Wildman–Crippen LogP) is 0.793. The van der Waals surface area contributed by atoms with Crippen molar-refractivity contribution in [2.24, 2.45) is 5.73 Å². The van der Waals surface area contributed by atoms with E-state index in [0.717, 1.165) is 13.2 Å². The highest BCUT2D eigenvalue weighted by atomic mass is 35.5. The Bertz CT molecular complexity index is 24.0. The van der Waals surface area contributed by atoms with Crippen molar-refractivity contribution in [2.45, 2.75) is 12.8 Å². The first kappa shape index (κ1) is 11.1. The summed E-state index contributed by atoms with van der Waals surface area (Å²) in [5.74, 6) is 0. The number of ether oxygens (including phenoxy) is 1. The topological polar surface area (TPSA) is 35.2 Å². The molecule has 0 amide bonds. The highest BCUT2D eigenvalue weighted by Gasteiger charge is 1.94. The van der Waals surface area contributed by atoms with Crippen LogP contribution in [0.5, 0.6) is 0 Å². The fourth-order valence-corrected chi connectivity index (χ4v) is 0.510. The maximum absolute atomic E-state index is 4.94. The van der Waals surface area contributed by atoms with E-state index in [2.05, 4.69) is 5.73 Å². The van der Waals surface area contributed by atoms with Crippen LogP contribution >= 0.6 is 12.4 Å². The lowest BCUT2D eigenvalue weighted by Crippen LogP contribution is -1.74. The molecule has 0 saturated carbocycles. The Kier molecular flexibility index (Phi) is 14.2. The van der Waals surface area contributed by atoms with E-state index >= 15 is 0 Å². The molecule has 2 N–H and O–H groups in total. The molecular formula is C5H14ClNO. The number of hydrogen-bond acceptors (Lipinski definition) is 2. The van der Waals surface area contributed by atoms with E-state index in [4.69, 9.17) is 4.74 Å². The normalized spacial score (nSPS) is 15.8. The molecule has 0 aromatic carbocycles. The summed E-state index contributed by atoms with van der Waals surface area (Å²) >= 11 is 0. The third-order valence-corrected chi connectivity index (χ3v) is 0.827. The van der Waals surface area contributed by atoms with Crippen molar-refractivity contribution in [3.63, 3.8) is 0 Å². The Balaban J connectivity index is 0. The summed E-state index contributed by atoms with van der Waals surface area (Å²) in [4.78, 5) is 0. The van der Waals surface area contributed by atoms with E-state index in [-0.39, 0.29) is 12.4 Å². The van der Waals surface area contributed by atoms with E-state index < -0.39 is 0 Å². The molecule has 0 aliphatic carbocycles. The van der Waals surface area contributed by atoms with Gasteiger partial charge in [0.15, 0.2) is 0 Å². The van der Waals surface area contributed by atoms with E-state index in [1.54, 1.807) is 0 Å². The molecule has 1 saturated heterocycles. The summed E-state index contributed by atoms with van der Waals surface area (Å²) in [6.45, 7) is 2.00. The van der Waals surface area contributed by atoms with E-state index in [9.17, 15) is 0 Å². The molecule has 0 atom stereocenters. The quantitative estimate of drug-likeness (QED) is 0.539. The second-order valence-corrected chi connectivity index (χ2v) is 1.32. The molecule has 1 aliphatic rings. The number of rotatable bonds is 0. The van der Waals surface area contributed by atoms with E-state index in [1.807, 2.05) is 0 Å². The van der Waals surface area contributed by atoms with Gasteiger partial charge in [0.25, 0.3) is 0 Å². The summed E-state index contributed by atoms with van der Waals surface area (Å²) in [6, 6.07) is 0. The van der Waals surface area contributed by atoms with E-state index in [1.165, 1.54) is 19.9 Å². The summed E-state index contributed by atoms with van der Waals surface area (Å²) in [6.07, 6.45) is 2.56. The third kappa shape index (κ3) is 6.21. The SMILES string of the molecule is C1CCOC1.CN.Cl. The first-order valence-corrected chi connectivity index (χ1v) is 2.65. The van der Waals surface area contributed by atoms with Crippen LogP contribution in [-0.2, 0) is 4.74 Å². The monoisotopic (exact) mass is 139 g/mol. The molecule has 1 rings (SSSR count). The smallest absolute Gasteiger partial charge is 0.0466 e. The highest BCUT2D eigenvalue weighted by molar-refractivity contribution is 5.85. The summed E-state index contributed by atoms with van der Waals surface area (Å²) in [7, 11) is 1.50. The number of halogens is 1. The van der Waals surface area contributed by atoms with Crippen LogP contribution in [0.2, 0.25) is 0 Å². The summed E-state index contributed by atoms with van der Waals surface area (Å²) in [5.41, 5.74) is 4.50. The van der Waals surface area contributed by atoms with Crippen molar-refractivity contribution in [3.8, 4) is 0 Å². The van der Waals surface area contributed by atoms with Gasteiger partial charge in [0.2, 0.25) is 0 Å². The van der Waals surface area contributed by atoms with Gasteiger partial charge in [-0.15, -0.1) is 12.4 Å². The molecule has 0 spiro atoms. The standard InChI is InChI=1S/C4H8O.CH5N.ClH/c1-2-4-5-3-1;1-2;/h1-4H2;2H2,1H3;1H. The average molecular weight is 140 g/mol. The van der Waals surface area contributed by atoms with Gasteiger partial charge >= 0.3 is 0 Å². The van der Waals surface area contributed by atoms with Crippen molar-refractivity contribution in [1.29, 1.82) is 0 Å². The van der Waals surface area contributed by atoms with Crippen LogP contribution in [0.25, 0.3) is 0 Å². The lowest BCUT2D eigenvalue weighted by atomic mass is 10.4. The van der Waals surface area contributed by atoms with Gasteiger partial charge in [0.1, 0.15) is 0 Å². The lowest BCUT2D eigenvalue weighted by molar-refractivity contribution is 0.198. The fraction of sp³-hybridized carbons (Fsp3) is 1.00. The molecule has 1 heterocycles. The van der Waals surface area contributed by atoms with Gasteiger partial charge in [-0.2, -0.15) is 0 Å². The van der Waals surface area contributed by atoms with Crippen molar-refractivity contribution < 1.29 is 4.74 Å². The largest absolute Gasteiger partial charge is 0.381 e. The molecule has 0 bridgehead atoms. The summed E-state index contributed by atoms with van der Waals surface area (Å²) < 4.78 is 4.94. The molecule has 1 fully saturated rings. The highest BCUT2D eigenvalue weighted by Crippen LogP contribution is 1.98. The molecule has 0 aromatic heterocycles.